The summed E-state index contributed by atoms with van der Waals surface area (Å²) >= 11 is 1.54. The van der Waals surface area contributed by atoms with Crippen LogP contribution in [-0.4, -0.2) is 19.4 Å². The molecule has 0 aliphatic carbocycles. The van der Waals surface area contributed by atoms with Crippen molar-refractivity contribution in [3.8, 4) is 11.5 Å². The van der Waals surface area contributed by atoms with Crippen LogP contribution in [-0.2, 0) is 0 Å². The Balaban J connectivity index is 1.90. The van der Waals surface area contributed by atoms with Crippen molar-refractivity contribution >= 4 is 22.6 Å². The number of thioether (sulfide) groups is 1. The highest BCUT2D eigenvalue weighted by Gasteiger charge is 2.18. The quantitative estimate of drug-likeness (QED) is 0.927. The third-order valence-electron chi connectivity index (χ3n) is 3.62. The predicted octanol–water partition coefficient (Wildman–Crippen LogP) is 3.85. The van der Waals surface area contributed by atoms with Crippen LogP contribution in [0, 0.1) is 0 Å². The molecule has 0 spiro atoms. The van der Waals surface area contributed by atoms with E-state index in [2.05, 4.69) is 23.2 Å². The van der Waals surface area contributed by atoms with Gasteiger partial charge in [0.2, 0.25) is 0 Å². The van der Waals surface area contributed by atoms with Gasteiger partial charge in [-0.15, -0.1) is 0 Å². The summed E-state index contributed by atoms with van der Waals surface area (Å²) in [4.78, 5) is 4.47. The molecule has 1 atom stereocenters. The van der Waals surface area contributed by atoms with Gasteiger partial charge >= 0.3 is 0 Å². The lowest BCUT2D eigenvalue weighted by atomic mass is 10.1. The van der Waals surface area contributed by atoms with E-state index in [1.54, 1.807) is 26.0 Å². The Bertz CT molecular complexity index is 737. The average Bonchev–Trinajstić information content (AvgIpc) is 2.61. The molecule has 2 N–H and O–H groups in total. The Hall–Kier alpha value is -2.40. The van der Waals surface area contributed by atoms with E-state index < -0.39 is 0 Å². The van der Waals surface area contributed by atoms with Gasteiger partial charge in [-0.05, 0) is 48.0 Å². The van der Waals surface area contributed by atoms with E-state index in [-0.39, 0.29) is 5.25 Å². The fourth-order valence-electron chi connectivity index (χ4n) is 2.37. The molecule has 118 valence electrons. The van der Waals surface area contributed by atoms with Crippen molar-refractivity contribution in [1.82, 2.24) is 0 Å². The molecule has 1 aliphatic rings. The molecule has 1 heterocycles. The van der Waals surface area contributed by atoms with Gasteiger partial charge in [-0.3, -0.25) is 0 Å². The number of hydrogen-bond acceptors (Lipinski definition) is 5. The van der Waals surface area contributed by atoms with Crippen molar-refractivity contribution in [2.45, 2.75) is 5.25 Å². The molecule has 5 heteroatoms. The van der Waals surface area contributed by atoms with Crippen molar-refractivity contribution in [1.29, 1.82) is 0 Å². The molecule has 1 unspecified atom stereocenters. The summed E-state index contributed by atoms with van der Waals surface area (Å²) in [6.45, 7) is 0. The minimum Gasteiger partial charge on any atom is -0.497 e. The molecule has 0 saturated heterocycles. The van der Waals surface area contributed by atoms with Crippen molar-refractivity contribution in [2.24, 2.45) is 10.7 Å². The van der Waals surface area contributed by atoms with Crippen molar-refractivity contribution in [3.05, 3.63) is 65.7 Å². The Labute approximate surface area is 140 Å². The summed E-state index contributed by atoms with van der Waals surface area (Å²) in [6.07, 6.45) is 2.13. The summed E-state index contributed by atoms with van der Waals surface area (Å²) in [5.41, 5.74) is 9.09. The first-order valence-corrected chi connectivity index (χ1v) is 8.08. The lowest BCUT2D eigenvalue weighted by molar-refractivity contribution is 0.414. The lowest BCUT2D eigenvalue weighted by Crippen LogP contribution is -2.12. The monoisotopic (exact) mass is 326 g/mol. The molecule has 0 aromatic heterocycles. The van der Waals surface area contributed by atoms with Crippen LogP contribution in [0.4, 0.5) is 0 Å². The fourth-order valence-corrected chi connectivity index (χ4v) is 3.27. The lowest BCUT2D eigenvalue weighted by Gasteiger charge is -2.19. The minimum absolute atomic E-state index is 0.135. The molecule has 0 fully saturated rings. The normalized spacial score (nSPS) is 17.2. The van der Waals surface area contributed by atoms with Crippen LogP contribution in [0.1, 0.15) is 16.4 Å². The minimum atomic E-state index is 0.135. The Morgan fingerprint density at radius 3 is 2.04 bits per heavy atom. The first-order valence-electron chi connectivity index (χ1n) is 7.20. The number of amidine groups is 1. The van der Waals surface area contributed by atoms with Gasteiger partial charge in [-0.1, -0.05) is 23.9 Å². The van der Waals surface area contributed by atoms with E-state index in [1.807, 2.05) is 36.4 Å². The van der Waals surface area contributed by atoms with Crippen LogP contribution in [0.2, 0.25) is 0 Å². The van der Waals surface area contributed by atoms with Gasteiger partial charge in [0, 0.05) is 5.56 Å². The molecule has 3 rings (SSSR count). The molecule has 1 aliphatic heterocycles. The molecule has 23 heavy (non-hydrogen) atoms. The summed E-state index contributed by atoms with van der Waals surface area (Å²) in [6, 6.07) is 15.8. The van der Waals surface area contributed by atoms with E-state index in [1.165, 1.54) is 5.56 Å². The molecular weight excluding hydrogens is 308 g/mol. The maximum atomic E-state index is 6.03. The number of ether oxygens (including phenoxy) is 2. The Morgan fingerprint density at radius 1 is 0.913 bits per heavy atom. The topological polar surface area (TPSA) is 56.8 Å². The van der Waals surface area contributed by atoms with Gasteiger partial charge in [0.05, 0.1) is 25.2 Å². The SMILES string of the molecule is COc1ccc(C2=CC(c3ccc(OC)cc3)SC(N)=N2)cc1. The molecule has 0 saturated carbocycles. The van der Waals surface area contributed by atoms with Crippen LogP contribution in [0.3, 0.4) is 0 Å². The summed E-state index contributed by atoms with van der Waals surface area (Å²) < 4.78 is 10.4. The number of benzene rings is 2. The fraction of sp³-hybridized carbons (Fsp3) is 0.167. The smallest absolute Gasteiger partial charge is 0.160 e. The number of aliphatic imine (C=N–C) groups is 1. The second kappa shape index (κ2) is 6.79. The number of rotatable bonds is 4. The van der Waals surface area contributed by atoms with Crippen LogP contribution in [0.5, 0.6) is 11.5 Å². The van der Waals surface area contributed by atoms with Gasteiger partial charge in [0.15, 0.2) is 5.17 Å². The summed E-state index contributed by atoms with van der Waals surface area (Å²) in [5.74, 6) is 1.67. The van der Waals surface area contributed by atoms with Gasteiger partial charge in [0.25, 0.3) is 0 Å². The van der Waals surface area contributed by atoms with Crippen LogP contribution in [0.25, 0.3) is 5.70 Å². The number of methoxy groups -OCH3 is 2. The predicted molar refractivity (Wildman–Crippen MR) is 95.9 cm³/mol. The largest absolute Gasteiger partial charge is 0.497 e. The van der Waals surface area contributed by atoms with Crippen LogP contribution >= 0.6 is 11.8 Å². The molecule has 2 aromatic rings. The third-order valence-corrected chi connectivity index (χ3v) is 4.61. The number of nitrogens with zero attached hydrogens (tertiary/aromatic N) is 1. The number of nitrogens with two attached hydrogens (primary N) is 1. The van der Waals surface area contributed by atoms with Crippen LogP contribution < -0.4 is 15.2 Å². The summed E-state index contributed by atoms with van der Waals surface area (Å²) in [7, 11) is 3.32. The van der Waals surface area contributed by atoms with E-state index in [0.29, 0.717) is 5.17 Å². The second-order valence-electron chi connectivity index (χ2n) is 5.04. The van der Waals surface area contributed by atoms with E-state index in [4.69, 9.17) is 15.2 Å². The molecule has 2 aromatic carbocycles. The highest BCUT2D eigenvalue weighted by Crippen LogP contribution is 2.38. The average molecular weight is 326 g/mol. The van der Waals surface area contributed by atoms with Crippen molar-refractivity contribution in [2.75, 3.05) is 14.2 Å². The first kappa shape index (κ1) is 15.5. The second-order valence-corrected chi connectivity index (χ2v) is 6.20. The maximum absolute atomic E-state index is 6.03. The highest BCUT2D eigenvalue weighted by molar-refractivity contribution is 8.14. The molecule has 0 bridgehead atoms. The first-order chi connectivity index (χ1) is 11.2. The summed E-state index contributed by atoms with van der Waals surface area (Å²) in [5, 5.41) is 0.703. The standard InChI is InChI=1S/C18H18N2O2S/c1-21-14-7-3-12(4-8-14)16-11-17(23-18(19)20-16)13-5-9-15(22-2)10-6-13/h3-11,17H,1-2H3,(H2,19,20). The Morgan fingerprint density at radius 2 is 1.48 bits per heavy atom. The zero-order valence-corrected chi connectivity index (χ0v) is 13.8. The van der Waals surface area contributed by atoms with E-state index in [0.717, 1.165) is 22.8 Å². The van der Waals surface area contributed by atoms with Gasteiger partial charge in [-0.2, -0.15) is 0 Å². The number of hydrogen-bond donors (Lipinski definition) is 1. The third kappa shape index (κ3) is 3.51. The zero-order chi connectivity index (χ0) is 16.2. The van der Waals surface area contributed by atoms with Gasteiger partial charge in [-0.25, -0.2) is 4.99 Å². The van der Waals surface area contributed by atoms with Crippen molar-refractivity contribution in [3.63, 3.8) is 0 Å². The Kier molecular flexibility index (Phi) is 4.57. The van der Waals surface area contributed by atoms with Crippen molar-refractivity contribution < 1.29 is 9.47 Å². The van der Waals surface area contributed by atoms with Gasteiger partial charge < -0.3 is 15.2 Å². The van der Waals surface area contributed by atoms with E-state index >= 15 is 0 Å². The van der Waals surface area contributed by atoms with Crippen LogP contribution in [0.15, 0.2) is 59.6 Å². The van der Waals surface area contributed by atoms with E-state index in [9.17, 15) is 0 Å². The maximum Gasteiger partial charge on any atom is 0.160 e. The molecule has 4 nitrogen and oxygen atoms in total. The molecule has 0 radical (unpaired) electrons. The molecule has 0 amide bonds. The van der Waals surface area contributed by atoms with Gasteiger partial charge in [0.1, 0.15) is 11.5 Å². The zero-order valence-electron chi connectivity index (χ0n) is 13.0. The molecular formula is C18H18N2O2S. The highest BCUT2D eigenvalue weighted by atomic mass is 32.2.